The van der Waals surface area contributed by atoms with E-state index < -0.39 is 0 Å². The van der Waals surface area contributed by atoms with Gasteiger partial charge in [0.25, 0.3) is 0 Å². The van der Waals surface area contributed by atoms with Crippen LogP contribution in [0.5, 0.6) is 0 Å². The number of thiophene rings is 1. The molecule has 0 radical (unpaired) electrons. The molecule has 0 fully saturated rings. The summed E-state index contributed by atoms with van der Waals surface area (Å²) in [6.45, 7) is 2.16. The number of nitrogens with one attached hydrogen (secondary N) is 1. The highest BCUT2D eigenvalue weighted by Crippen LogP contribution is 2.27. The van der Waals surface area contributed by atoms with Crippen LogP contribution in [0.15, 0.2) is 34.2 Å². The molecule has 0 saturated carbocycles. The monoisotopic (exact) mass is 325 g/mol. The maximum Gasteiger partial charge on any atom is 0.0611 e. The van der Waals surface area contributed by atoms with E-state index in [0.717, 1.165) is 23.0 Å². The number of hydrazine groups is 1. The normalized spacial score (nSPS) is 12.6. The fourth-order valence-electron chi connectivity index (χ4n) is 1.91. The number of rotatable bonds is 5. The third kappa shape index (κ3) is 3.17. The molecule has 5 heteroatoms. The SMILES string of the molecule is CCc1ccsc1C(Cc1ccc(Br)cn1)NN. The first-order valence-electron chi connectivity index (χ1n) is 5.87. The van der Waals surface area contributed by atoms with Crippen molar-refractivity contribution in [1.82, 2.24) is 10.4 Å². The second-order valence-corrected chi connectivity index (χ2v) is 5.92. The van der Waals surface area contributed by atoms with Crippen molar-refractivity contribution in [3.8, 4) is 0 Å². The van der Waals surface area contributed by atoms with Crippen molar-refractivity contribution in [1.29, 1.82) is 0 Å². The summed E-state index contributed by atoms with van der Waals surface area (Å²) >= 11 is 5.14. The molecule has 2 heterocycles. The quantitative estimate of drug-likeness (QED) is 0.655. The predicted octanol–water partition coefficient (Wildman–Crippen LogP) is 3.22. The van der Waals surface area contributed by atoms with Crippen LogP contribution in [0.25, 0.3) is 0 Å². The van der Waals surface area contributed by atoms with Crippen LogP contribution in [0.3, 0.4) is 0 Å². The van der Waals surface area contributed by atoms with E-state index in [9.17, 15) is 0 Å². The smallest absolute Gasteiger partial charge is 0.0611 e. The molecule has 3 N–H and O–H groups in total. The first kappa shape index (κ1) is 13.7. The van der Waals surface area contributed by atoms with Gasteiger partial charge in [-0.2, -0.15) is 0 Å². The molecule has 0 aliphatic heterocycles. The molecule has 1 unspecified atom stereocenters. The Bertz CT molecular complexity index is 495. The summed E-state index contributed by atoms with van der Waals surface area (Å²) in [5.74, 6) is 5.68. The van der Waals surface area contributed by atoms with Gasteiger partial charge in [0.05, 0.1) is 6.04 Å². The number of pyridine rings is 1. The summed E-state index contributed by atoms with van der Waals surface area (Å²) in [6, 6.07) is 6.33. The summed E-state index contributed by atoms with van der Waals surface area (Å²) in [5.41, 5.74) is 5.30. The van der Waals surface area contributed by atoms with Gasteiger partial charge in [0, 0.05) is 27.7 Å². The molecule has 0 spiro atoms. The standard InChI is InChI=1S/C13H16BrN3S/c1-2-9-5-6-18-13(9)12(17-15)7-11-4-3-10(14)8-16-11/h3-6,8,12,17H,2,7,15H2,1H3. The number of hydrogen-bond acceptors (Lipinski definition) is 4. The van der Waals surface area contributed by atoms with Crippen molar-refractivity contribution < 1.29 is 0 Å². The van der Waals surface area contributed by atoms with Gasteiger partial charge < -0.3 is 0 Å². The molecular formula is C13H16BrN3S. The van der Waals surface area contributed by atoms with Crippen molar-refractivity contribution in [2.75, 3.05) is 0 Å². The minimum atomic E-state index is 0.133. The Morgan fingerprint density at radius 2 is 2.28 bits per heavy atom. The zero-order valence-electron chi connectivity index (χ0n) is 10.2. The van der Waals surface area contributed by atoms with Crippen LogP contribution < -0.4 is 11.3 Å². The van der Waals surface area contributed by atoms with Crippen molar-refractivity contribution in [2.24, 2.45) is 5.84 Å². The second-order valence-electron chi connectivity index (χ2n) is 4.05. The average Bonchev–Trinajstić information content (AvgIpc) is 2.86. The van der Waals surface area contributed by atoms with Gasteiger partial charge in [-0.1, -0.05) is 6.92 Å². The highest BCUT2D eigenvalue weighted by molar-refractivity contribution is 9.10. The fourth-order valence-corrected chi connectivity index (χ4v) is 3.20. The summed E-state index contributed by atoms with van der Waals surface area (Å²) < 4.78 is 0.994. The molecule has 18 heavy (non-hydrogen) atoms. The van der Waals surface area contributed by atoms with Crippen LogP contribution in [-0.4, -0.2) is 4.98 Å². The van der Waals surface area contributed by atoms with E-state index in [-0.39, 0.29) is 6.04 Å². The molecule has 0 aliphatic carbocycles. The lowest BCUT2D eigenvalue weighted by Gasteiger charge is -2.15. The Kier molecular flexibility index (Phi) is 4.88. The summed E-state index contributed by atoms with van der Waals surface area (Å²) in [7, 11) is 0. The molecule has 0 bridgehead atoms. The maximum atomic E-state index is 5.68. The first-order valence-corrected chi connectivity index (χ1v) is 7.54. The molecule has 2 aromatic rings. The number of nitrogens with two attached hydrogens (primary N) is 1. The lowest BCUT2D eigenvalue weighted by Crippen LogP contribution is -2.29. The molecule has 0 aromatic carbocycles. The summed E-state index contributed by atoms with van der Waals surface area (Å²) in [4.78, 5) is 5.70. The zero-order valence-corrected chi connectivity index (χ0v) is 12.6. The predicted molar refractivity (Wildman–Crippen MR) is 79.4 cm³/mol. The van der Waals surface area contributed by atoms with Crippen LogP contribution in [-0.2, 0) is 12.8 Å². The molecule has 1 atom stereocenters. The molecular weight excluding hydrogens is 310 g/mol. The van der Waals surface area contributed by atoms with E-state index in [4.69, 9.17) is 5.84 Å². The van der Waals surface area contributed by atoms with Crippen LogP contribution in [0.4, 0.5) is 0 Å². The third-order valence-corrected chi connectivity index (χ3v) is 4.42. The van der Waals surface area contributed by atoms with Gasteiger partial charge in [0.2, 0.25) is 0 Å². The number of hydrogen-bond donors (Lipinski definition) is 2. The number of nitrogens with zero attached hydrogens (tertiary/aromatic N) is 1. The number of aryl methyl sites for hydroxylation is 1. The topological polar surface area (TPSA) is 50.9 Å². The first-order chi connectivity index (χ1) is 8.74. The minimum absolute atomic E-state index is 0.133. The Morgan fingerprint density at radius 3 is 2.89 bits per heavy atom. The van der Waals surface area contributed by atoms with E-state index in [1.807, 2.05) is 18.3 Å². The largest absolute Gasteiger partial charge is 0.271 e. The summed E-state index contributed by atoms with van der Waals surface area (Å²) in [6.07, 6.45) is 3.65. The lowest BCUT2D eigenvalue weighted by molar-refractivity contribution is 0.551. The van der Waals surface area contributed by atoms with Crippen molar-refractivity contribution in [2.45, 2.75) is 25.8 Å². The number of aromatic nitrogens is 1. The van der Waals surface area contributed by atoms with Gasteiger partial charge in [-0.3, -0.25) is 16.3 Å². The van der Waals surface area contributed by atoms with Crippen molar-refractivity contribution >= 4 is 27.3 Å². The van der Waals surface area contributed by atoms with Gasteiger partial charge >= 0.3 is 0 Å². The third-order valence-electron chi connectivity index (χ3n) is 2.88. The second kappa shape index (κ2) is 6.43. The van der Waals surface area contributed by atoms with Gasteiger partial charge in [-0.05, 0) is 51.5 Å². The van der Waals surface area contributed by atoms with Crippen molar-refractivity contribution in [3.05, 3.63) is 50.4 Å². The van der Waals surface area contributed by atoms with E-state index in [0.29, 0.717) is 0 Å². The number of halogens is 1. The van der Waals surface area contributed by atoms with E-state index >= 15 is 0 Å². The zero-order chi connectivity index (χ0) is 13.0. The average molecular weight is 326 g/mol. The fraction of sp³-hybridized carbons (Fsp3) is 0.308. The van der Waals surface area contributed by atoms with Gasteiger partial charge in [0.15, 0.2) is 0 Å². The maximum absolute atomic E-state index is 5.68. The van der Waals surface area contributed by atoms with Crippen LogP contribution in [0.2, 0.25) is 0 Å². The Balaban J connectivity index is 2.17. The lowest BCUT2D eigenvalue weighted by atomic mass is 10.1. The molecule has 96 valence electrons. The Hall–Kier alpha value is -0.750. The minimum Gasteiger partial charge on any atom is -0.271 e. The Labute approximate surface area is 120 Å². The molecule has 3 nitrogen and oxygen atoms in total. The Morgan fingerprint density at radius 1 is 1.44 bits per heavy atom. The van der Waals surface area contributed by atoms with Gasteiger partial charge in [0.1, 0.15) is 0 Å². The van der Waals surface area contributed by atoms with E-state index in [1.165, 1.54) is 10.4 Å². The van der Waals surface area contributed by atoms with E-state index in [2.05, 4.69) is 44.7 Å². The van der Waals surface area contributed by atoms with E-state index in [1.54, 1.807) is 11.3 Å². The molecule has 0 amide bonds. The van der Waals surface area contributed by atoms with Crippen LogP contribution >= 0.6 is 27.3 Å². The summed E-state index contributed by atoms with van der Waals surface area (Å²) in [5, 5.41) is 2.12. The molecule has 0 aliphatic rings. The van der Waals surface area contributed by atoms with Crippen LogP contribution in [0, 0.1) is 0 Å². The van der Waals surface area contributed by atoms with Crippen molar-refractivity contribution in [3.63, 3.8) is 0 Å². The molecule has 0 saturated heterocycles. The highest BCUT2D eigenvalue weighted by atomic mass is 79.9. The van der Waals surface area contributed by atoms with Gasteiger partial charge in [-0.15, -0.1) is 11.3 Å². The highest BCUT2D eigenvalue weighted by Gasteiger charge is 2.15. The van der Waals surface area contributed by atoms with Gasteiger partial charge in [-0.25, -0.2) is 0 Å². The molecule has 2 rings (SSSR count). The molecule has 2 aromatic heterocycles. The van der Waals surface area contributed by atoms with Crippen LogP contribution in [0.1, 0.15) is 29.1 Å².